The first-order valence-corrected chi connectivity index (χ1v) is 5.58. The lowest BCUT2D eigenvalue weighted by molar-refractivity contribution is 0.0858. The molecule has 0 spiro atoms. The Kier molecular flexibility index (Phi) is 2.62. The van der Waals surface area contributed by atoms with Crippen LogP contribution >= 0.6 is 15.9 Å². The molecule has 1 aromatic rings. The van der Waals surface area contributed by atoms with Crippen LogP contribution in [0.4, 0.5) is 4.39 Å². The van der Waals surface area contributed by atoms with Crippen molar-refractivity contribution < 1.29 is 4.39 Å². The summed E-state index contributed by atoms with van der Waals surface area (Å²) >= 11 is 3.34. The van der Waals surface area contributed by atoms with Gasteiger partial charge in [-0.2, -0.15) is 0 Å². The lowest BCUT2D eigenvalue weighted by Gasteiger charge is -2.38. The molecule has 0 aliphatic carbocycles. The van der Waals surface area contributed by atoms with Crippen molar-refractivity contribution in [2.45, 2.75) is 25.1 Å². The van der Waals surface area contributed by atoms with Crippen LogP contribution in [0.25, 0.3) is 0 Å². The van der Waals surface area contributed by atoms with Crippen molar-refractivity contribution in [3.05, 3.63) is 34.3 Å². The highest BCUT2D eigenvalue weighted by Crippen LogP contribution is 2.34. The number of hydrogen-bond acceptors (Lipinski definition) is 1. The minimum absolute atomic E-state index is 0.0244. The maximum atomic E-state index is 14.3. The molecule has 0 amide bonds. The van der Waals surface area contributed by atoms with Gasteiger partial charge in [-0.05, 0) is 37.6 Å². The first-order valence-electron chi connectivity index (χ1n) is 4.79. The minimum atomic E-state index is -1.25. The van der Waals surface area contributed by atoms with Crippen LogP contribution in [0.5, 0.6) is 0 Å². The Morgan fingerprint density at radius 3 is 2.43 bits per heavy atom. The molecule has 1 aromatic carbocycles. The topological polar surface area (TPSA) is 12.0 Å². The van der Waals surface area contributed by atoms with Crippen molar-refractivity contribution in [1.29, 1.82) is 0 Å². The summed E-state index contributed by atoms with van der Waals surface area (Å²) in [4.78, 5) is 0. The molecule has 76 valence electrons. The normalized spacial score (nSPS) is 25.2. The predicted molar refractivity (Wildman–Crippen MR) is 59.0 cm³/mol. The molecule has 0 saturated carbocycles. The van der Waals surface area contributed by atoms with Gasteiger partial charge < -0.3 is 5.32 Å². The summed E-state index contributed by atoms with van der Waals surface area (Å²) in [5.74, 6) is 0. The number of halogens is 2. The largest absolute Gasteiger partial charge is 0.311 e. The molecule has 2 rings (SSSR count). The van der Waals surface area contributed by atoms with Gasteiger partial charge in [0.15, 0.2) is 0 Å². The molecule has 1 fully saturated rings. The molecule has 14 heavy (non-hydrogen) atoms. The zero-order valence-electron chi connectivity index (χ0n) is 8.06. The number of hydrogen-bond donors (Lipinski definition) is 1. The van der Waals surface area contributed by atoms with Crippen LogP contribution in [-0.4, -0.2) is 12.6 Å². The molecule has 3 heteroatoms. The number of alkyl halides is 1. The van der Waals surface area contributed by atoms with Crippen molar-refractivity contribution in [3.63, 3.8) is 0 Å². The van der Waals surface area contributed by atoms with Crippen LogP contribution in [0.1, 0.15) is 18.9 Å². The van der Waals surface area contributed by atoms with Crippen LogP contribution in [0.2, 0.25) is 0 Å². The summed E-state index contributed by atoms with van der Waals surface area (Å²) in [5, 5.41) is 3.11. The molecule has 1 aliphatic heterocycles. The summed E-state index contributed by atoms with van der Waals surface area (Å²) in [5.41, 5.74) is -0.503. The molecular formula is C11H13BrFN. The molecule has 0 radical (unpaired) electrons. The summed E-state index contributed by atoms with van der Waals surface area (Å²) in [6.07, 6.45) is 0.920. The second kappa shape index (κ2) is 3.63. The fraction of sp³-hybridized carbons (Fsp3) is 0.455. The lowest BCUT2D eigenvalue weighted by Crippen LogP contribution is -2.53. The Hall–Kier alpha value is -0.410. The van der Waals surface area contributed by atoms with Crippen LogP contribution < -0.4 is 5.32 Å². The molecule has 1 aliphatic rings. The zero-order chi connectivity index (χ0) is 10.2. The van der Waals surface area contributed by atoms with Crippen molar-refractivity contribution in [3.8, 4) is 0 Å². The average molecular weight is 258 g/mol. The van der Waals surface area contributed by atoms with E-state index in [9.17, 15) is 4.39 Å². The molecule has 2 atom stereocenters. The highest BCUT2D eigenvalue weighted by Gasteiger charge is 2.39. The van der Waals surface area contributed by atoms with Gasteiger partial charge in [-0.15, -0.1) is 0 Å². The fourth-order valence-electron chi connectivity index (χ4n) is 1.73. The van der Waals surface area contributed by atoms with Crippen LogP contribution in [0, 0.1) is 0 Å². The minimum Gasteiger partial charge on any atom is -0.311 e. The third-order valence-corrected chi connectivity index (χ3v) is 3.42. The molecule has 1 N–H and O–H groups in total. The molecular weight excluding hydrogens is 245 g/mol. The van der Waals surface area contributed by atoms with Crippen LogP contribution in [-0.2, 0) is 5.67 Å². The Bertz CT molecular complexity index is 317. The van der Waals surface area contributed by atoms with Crippen molar-refractivity contribution in [2.75, 3.05) is 6.54 Å². The van der Waals surface area contributed by atoms with E-state index in [-0.39, 0.29) is 6.04 Å². The Morgan fingerprint density at radius 1 is 1.43 bits per heavy atom. The maximum absolute atomic E-state index is 14.3. The standard InChI is InChI=1S/C11H13BrFN/c1-11(13,10-6-7-14-10)8-2-4-9(12)5-3-8/h2-5,10,14H,6-7H2,1H3. The van der Waals surface area contributed by atoms with Gasteiger partial charge in [0.2, 0.25) is 0 Å². The van der Waals surface area contributed by atoms with Crippen molar-refractivity contribution in [2.24, 2.45) is 0 Å². The van der Waals surface area contributed by atoms with Gasteiger partial charge in [0.1, 0.15) is 5.67 Å². The van der Waals surface area contributed by atoms with E-state index in [1.807, 2.05) is 24.3 Å². The number of nitrogens with one attached hydrogen (secondary N) is 1. The van der Waals surface area contributed by atoms with Gasteiger partial charge in [-0.25, -0.2) is 4.39 Å². The highest BCUT2D eigenvalue weighted by molar-refractivity contribution is 9.10. The van der Waals surface area contributed by atoms with Gasteiger partial charge in [-0.1, -0.05) is 28.1 Å². The number of rotatable bonds is 2. The van der Waals surface area contributed by atoms with E-state index in [4.69, 9.17) is 0 Å². The number of benzene rings is 1. The monoisotopic (exact) mass is 257 g/mol. The molecule has 2 unspecified atom stereocenters. The van der Waals surface area contributed by atoms with Crippen LogP contribution in [0.3, 0.4) is 0 Å². The molecule has 0 aromatic heterocycles. The molecule has 0 bridgehead atoms. The van der Waals surface area contributed by atoms with E-state index >= 15 is 0 Å². The Balaban J connectivity index is 2.23. The van der Waals surface area contributed by atoms with Crippen molar-refractivity contribution in [1.82, 2.24) is 5.32 Å². The Morgan fingerprint density at radius 2 is 2.00 bits per heavy atom. The zero-order valence-corrected chi connectivity index (χ0v) is 9.64. The second-order valence-corrected chi connectivity index (χ2v) is 4.79. The van der Waals surface area contributed by atoms with E-state index < -0.39 is 5.67 Å². The summed E-state index contributed by atoms with van der Waals surface area (Å²) in [6.45, 7) is 2.58. The molecule has 1 nitrogen and oxygen atoms in total. The SMILES string of the molecule is CC(F)(c1ccc(Br)cc1)C1CCN1. The van der Waals surface area contributed by atoms with Gasteiger partial charge in [-0.3, -0.25) is 0 Å². The van der Waals surface area contributed by atoms with Gasteiger partial charge >= 0.3 is 0 Å². The summed E-state index contributed by atoms with van der Waals surface area (Å²) in [6, 6.07) is 7.41. The quantitative estimate of drug-likeness (QED) is 0.859. The van der Waals surface area contributed by atoms with Crippen molar-refractivity contribution >= 4 is 15.9 Å². The maximum Gasteiger partial charge on any atom is 0.148 e. The molecule has 1 saturated heterocycles. The van der Waals surface area contributed by atoms with E-state index in [2.05, 4.69) is 21.2 Å². The fourth-order valence-corrected chi connectivity index (χ4v) is 1.99. The van der Waals surface area contributed by atoms with E-state index in [1.165, 1.54) is 0 Å². The van der Waals surface area contributed by atoms with E-state index in [0.29, 0.717) is 0 Å². The third kappa shape index (κ3) is 1.71. The predicted octanol–water partition coefficient (Wildman–Crippen LogP) is 3.00. The highest BCUT2D eigenvalue weighted by atomic mass is 79.9. The van der Waals surface area contributed by atoms with E-state index in [0.717, 1.165) is 23.0 Å². The second-order valence-electron chi connectivity index (χ2n) is 3.88. The van der Waals surface area contributed by atoms with Crippen LogP contribution in [0.15, 0.2) is 28.7 Å². The first kappa shape index (κ1) is 10.1. The average Bonchev–Trinajstić information content (AvgIpc) is 2.00. The lowest BCUT2D eigenvalue weighted by atomic mass is 9.84. The van der Waals surface area contributed by atoms with Gasteiger partial charge in [0.05, 0.1) is 0 Å². The summed E-state index contributed by atoms with van der Waals surface area (Å²) in [7, 11) is 0. The summed E-state index contributed by atoms with van der Waals surface area (Å²) < 4.78 is 15.3. The van der Waals surface area contributed by atoms with E-state index in [1.54, 1.807) is 6.92 Å². The third-order valence-electron chi connectivity index (χ3n) is 2.89. The smallest absolute Gasteiger partial charge is 0.148 e. The first-order chi connectivity index (χ1) is 6.60. The van der Waals surface area contributed by atoms with Gasteiger partial charge in [0.25, 0.3) is 0 Å². The van der Waals surface area contributed by atoms with Gasteiger partial charge in [0, 0.05) is 10.5 Å². The Labute approximate surface area is 91.8 Å². The molecule has 1 heterocycles.